The van der Waals surface area contributed by atoms with Gasteiger partial charge in [-0.15, -0.1) is 0 Å². The zero-order chi connectivity index (χ0) is 26.3. The van der Waals surface area contributed by atoms with Crippen molar-refractivity contribution in [1.82, 2.24) is 4.90 Å². The molecule has 37 heavy (non-hydrogen) atoms. The molecule has 3 amide bonds. The number of hydrogen-bond donors (Lipinski definition) is 0. The maximum Gasteiger partial charge on any atom is 0.264 e. The lowest BCUT2D eigenvalue weighted by atomic mass is 9.86. The van der Waals surface area contributed by atoms with Crippen LogP contribution >= 0.6 is 46.4 Å². The van der Waals surface area contributed by atoms with Crippen LogP contribution in [0.4, 0.5) is 10.1 Å². The number of aryl methyl sites for hydroxylation is 1. The van der Waals surface area contributed by atoms with Crippen LogP contribution in [0.3, 0.4) is 0 Å². The highest BCUT2D eigenvalue weighted by molar-refractivity contribution is 6.55. The highest BCUT2D eigenvalue weighted by Crippen LogP contribution is 2.50. The van der Waals surface area contributed by atoms with E-state index in [2.05, 4.69) is 0 Å². The Labute approximate surface area is 229 Å². The number of β-lactam (4-membered cyclic amide) rings is 1. The molecule has 2 atom stereocenters. The van der Waals surface area contributed by atoms with E-state index in [1.54, 1.807) is 31.2 Å². The van der Waals surface area contributed by atoms with Gasteiger partial charge in [0.1, 0.15) is 11.9 Å². The number of imide groups is 1. The summed E-state index contributed by atoms with van der Waals surface area (Å²) >= 11 is 24.8. The molecule has 0 radical (unpaired) electrons. The molecule has 6 rings (SSSR count). The van der Waals surface area contributed by atoms with E-state index >= 15 is 0 Å². The quantitative estimate of drug-likeness (QED) is 0.159. The molecule has 3 aromatic rings. The predicted molar refractivity (Wildman–Crippen MR) is 135 cm³/mol. The van der Waals surface area contributed by atoms with Gasteiger partial charge in [-0.05, 0) is 42.3 Å². The smallest absolute Gasteiger partial charge is 0.264 e. The van der Waals surface area contributed by atoms with Gasteiger partial charge < -0.3 is 14.4 Å². The van der Waals surface area contributed by atoms with Crippen molar-refractivity contribution in [3.63, 3.8) is 0 Å². The SMILES string of the molecule is Cc1ccc(N2C(=O)[C@H](N3C(=O)c4c(Cl)c(Cl)c(Cl)c(Cl)c4C3=O)[C@H]2c2ccc3c(c2)OCO3)cc1F. The van der Waals surface area contributed by atoms with Gasteiger partial charge in [0.25, 0.3) is 17.7 Å². The van der Waals surface area contributed by atoms with Gasteiger partial charge in [-0.1, -0.05) is 58.5 Å². The summed E-state index contributed by atoms with van der Waals surface area (Å²) in [7, 11) is 0. The summed E-state index contributed by atoms with van der Waals surface area (Å²) in [6.45, 7) is 1.62. The van der Waals surface area contributed by atoms with Crippen LogP contribution in [0.25, 0.3) is 0 Å². The third-order valence-electron chi connectivity index (χ3n) is 6.65. The molecule has 0 unspecified atom stereocenters. The van der Waals surface area contributed by atoms with E-state index < -0.39 is 35.6 Å². The molecule has 0 spiro atoms. The molecular weight excluding hydrogens is 569 g/mol. The second-order valence-electron chi connectivity index (χ2n) is 8.63. The molecule has 3 aliphatic heterocycles. The first kappa shape index (κ1) is 24.3. The van der Waals surface area contributed by atoms with E-state index in [0.717, 1.165) is 4.90 Å². The van der Waals surface area contributed by atoms with Crippen LogP contribution in [-0.4, -0.2) is 35.5 Å². The average Bonchev–Trinajstić information content (AvgIpc) is 3.44. The molecule has 1 fully saturated rings. The molecule has 0 saturated carbocycles. The minimum absolute atomic E-state index is 0.0234. The maximum absolute atomic E-state index is 14.5. The van der Waals surface area contributed by atoms with Crippen LogP contribution in [0.1, 0.15) is 37.9 Å². The summed E-state index contributed by atoms with van der Waals surface area (Å²) in [4.78, 5) is 42.7. The Morgan fingerprint density at radius 3 is 2.03 bits per heavy atom. The number of benzene rings is 3. The fourth-order valence-electron chi connectivity index (χ4n) is 4.79. The topological polar surface area (TPSA) is 76.2 Å². The summed E-state index contributed by atoms with van der Waals surface area (Å²) in [6.07, 6.45) is 0. The number of rotatable bonds is 3. The second kappa shape index (κ2) is 8.49. The Morgan fingerprint density at radius 1 is 0.784 bits per heavy atom. The molecule has 1 saturated heterocycles. The second-order valence-corrected chi connectivity index (χ2v) is 10.1. The monoisotopic (exact) mass is 580 g/mol. The first-order chi connectivity index (χ1) is 17.6. The Balaban J connectivity index is 1.48. The molecular formula is C25H13Cl4FN2O5. The highest BCUT2D eigenvalue weighted by Gasteiger charge is 2.58. The lowest BCUT2D eigenvalue weighted by Gasteiger charge is -2.49. The van der Waals surface area contributed by atoms with Crippen LogP contribution in [0.2, 0.25) is 20.1 Å². The Morgan fingerprint density at radius 2 is 1.41 bits per heavy atom. The van der Waals surface area contributed by atoms with Crippen molar-refractivity contribution in [1.29, 1.82) is 0 Å². The van der Waals surface area contributed by atoms with Crippen molar-refractivity contribution >= 4 is 69.8 Å². The lowest BCUT2D eigenvalue weighted by Crippen LogP contribution is -2.67. The molecule has 0 aliphatic carbocycles. The number of anilines is 1. The minimum Gasteiger partial charge on any atom is -0.454 e. The van der Waals surface area contributed by atoms with Crippen LogP contribution in [0, 0.1) is 12.7 Å². The van der Waals surface area contributed by atoms with Gasteiger partial charge in [0, 0.05) is 5.69 Å². The summed E-state index contributed by atoms with van der Waals surface area (Å²) in [5, 5.41) is -0.843. The Hall–Kier alpha value is -3.04. The first-order valence-electron chi connectivity index (χ1n) is 10.8. The van der Waals surface area contributed by atoms with E-state index in [-0.39, 0.29) is 43.7 Å². The summed E-state index contributed by atoms with van der Waals surface area (Å²) in [5.74, 6) is -1.87. The van der Waals surface area contributed by atoms with Crippen LogP contribution in [0.15, 0.2) is 36.4 Å². The molecule has 7 nitrogen and oxygen atoms in total. The van der Waals surface area contributed by atoms with E-state index in [0.29, 0.717) is 22.6 Å². The Bertz CT molecular complexity index is 1530. The molecule has 0 aromatic heterocycles. The number of carbonyl (C=O) groups is 3. The zero-order valence-electron chi connectivity index (χ0n) is 18.7. The van der Waals surface area contributed by atoms with Gasteiger partial charge in [-0.3, -0.25) is 19.3 Å². The van der Waals surface area contributed by atoms with Gasteiger partial charge in [0.2, 0.25) is 6.79 Å². The number of hydrogen-bond acceptors (Lipinski definition) is 5. The fourth-order valence-corrected chi connectivity index (χ4v) is 5.81. The number of ether oxygens (including phenoxy) is 2. The molecule has 3 heterocycles. The molecule has 188 valence electrons. The minimum atomic E-state index is -1.29. The number of nitrogens with zero attached hydrogens (tertiary/aromatic N) is 2. The number of fused-ring (bicyclic) bond motifs is 2. The van der Waals surface area contributed by atoms with Gasteiger partial charge in [0.15, 0.2) is 11.5 Å². The number of carbonyl (C=O) groups excluding carboxylic acids is 3. The van der Waals surface area contributed by atoms with E-state index in [1.807, 2.05) is 0 Å². The van der Waals surface area contributed by atoms with Gasteiger partial charge in [0.05, 0.1) is 37.3 Å². The van der Waals surface area contributed by atoms with Crippen LogP contribution in [-0.2, 0) is 4.79 Å². The standard InChI is InChI=1S/C25H13Cl4FN2O5/c1-9-2-4-11(7-12(9)30)31-21(10-3-5-13-14(6-10)37-8-36-13)22(25(31)35)32-23(33)15-16(24(32)34)18(27)20(29)19(28)17(15)26/h2-7,21-22H,8H2,1H3/t21-,22-/m1/s1. The van der Waals surface area contributed by atoms with Crippen molar-refractivity contribution in [3.05, 3.63) is 84.6 Å². The van der Waals surface area contributed by atoms with Crippen molar-refractivity contribution < 1.29 is 28.2 Å². The highest BCUT2D eigenvalue weighted by atomic mass is 35.5. The molecule has 3 aliphatic rings. The van der Waals surface area contributed by atoms with E-state index in [1.165, 1.54) is 17.0 Å². The van der Waals surface area contributed by atoms with E-state index in [4.69, 9.17) is 55.9 Å². The first-order valence-corrected chi connectivity index (χ1v) is 12.4. The normalized spacial score (nSPS) is 20.0. The predicted octanol–water partition coefficient (Wildman–Crippen LogP) is 6.23. The molecule has 12 heteroatoms. The Kier molecular flexibility index (Phi) is 5.58. The third kappa shape index (κ3) is 3.36. The summed E-state index contributed by atoms with van der Waals surface area (Å²) < 4.78 is 25.3. The molecule has 0 bridgehead atoms. The van der Waals surface area contributed by atoms with Gasteiger partial charge in [-0.25, -0.2) is 4.39 Å². The maximum atomic E-state index is 14.5. The largest absolute Gasteiger partial charge is 0.454 e. The van der Waals surface area contributed by atoms with Crippen molar-refractivity contribution in [3.8, 4) is 11.5 Å². The molecule has 3 aromatic carbocycles. The summed E-state index contributed by atoms with van der Waals surface area (Å²) in [6, 6.07) is 7.16. The zero-order valence-corrected chi connectivity index (χ0v) is 21.7. The van der Waals surface area contributed by atoms with Crippen molar-refractivity contribution in [2.45, 2.75) is 19.0 Å². The third-order valence-corrected chi connectivity index (χ3v) is 8.45. The van der Waals surface area contributed by atoms with E-state index in [9.17, 15) is 18.8 Å². The fraction of sp³-hybridized carbons (Fsp3) is 0.160. The molecule has 0 N–H and O–H groups in total. The van der Waals surface area contributed by atoms with Crippen molar-refractivity contribution in [2.24, 2.45) is 0 Å². The van der Waals surface area contributed by atoms with Gasteiger partial charge in [-0.2, -0.15) is 0 Å². The van der Waals surface area contributed by atoms with Crippen LogP contribution < -0.4 is 14.4 Å². The van der Waals surface area contributed by atoms with Crippen molar-refractivity contribution in [2.75, 3.05) is 11.7 Å². The van der Waals surface area contributed by atoms with Gasteiger partial charge >= 0.3 is 0 Å². The number of halogens is 5. The lowest BCUT2D eigenvalue weighted by molar-refractivity contribution is -0.130. The number of amides is 3. The van der Waals surface area contributed by atoms with Crippen LogP contribution in [0.5, 0.6) is 11.5 Å². The average molecular weight is 582 g/mol. The summed E-state index contributed by atoms with van der Waals surface area (Å²) in [5.41, 5.74) is 0.711.